The van der Waals surface area contributed by atoms with Crippen molar-refractivity contribution in [1.29, 1.82) is 0 Å². The first kappa shape index (κ1) is 17.4. The van der Waals surface area contributed by atoms with Crippen LogP contribution in [0.25, 0.3) is 17.2 Å². The van der Waals surface area contributed by atoms with Gasteiger partial charge in [-0.15, -0.1) is 0 Å². The molecular formula is C20H17FN2O3. The maximum absolute atomic E-state index is 13.0. The molecule has 0 fully saturated rings. The van der Waals surface area contributed by atoms with Crippen LogP contribution in [-0.4, -0.2) is 30.2 Å². The number of aromatic amines is 1. The van der Waals surface area contributed by atoms with Crippen molar-refractivity contribution >= 4 is 11.9 Å². The van der Waals surface area contributed by atoms with Gasteiger partial charge >= 0.3 is 0 Å². The molecule has 1 N–H and O–H groups in total. The average Bonchev–Trinajstić information content (AvgIpc) is 3.20. The number of halogens is 1. The normalized spacial score (nSPS) is 10.9. The number of allylic oxidation sites excluding steroid dienone is 1. The van der Waals surface area contributed by atoms with Crippen LogP contribution in [0.1, 0.15) is 15.9 Å². The maximum Gasteiger partial charge on any atom is 0.185 e. The number of carbonyl (C=O) groups excluding carboxylic acids is 1. The molecule has 132 valence electrons. The lowest BCUT2D eigenvalue weighted by atomic mass is 10.0. The highest BCUT2D eigenvalue weighted by Gasteiger charge is 2.13. The summed E-state index contributed by atoms with van der Waals surface area (Å²) in [5, 5.41) is 6.71. The zero-order valence-electron chi connectivity index (χ0n) is 14.3. The molecule has 0 saturated heterocycles. The van der Waals surface area contributed by atoms with Crippen molar-refractivity contribution in [1.82, 2.24) is 10.2 Å². The van der Waals surface area contributed by atoms with E-state index in [0.717, 1.165) is 11.1 Å². The minimum Gasteiger partial charge on any atom is -0.496 e. The minimum absolute atomic E-state index is 0.232. The van der Waals surface area contributed by atoms with Gasteiger partial charge in [0.05, 0.1) is 20.4 Å². The van der Waals surface area contributed by atoms with Crippen LogP contribution in [-0.2, 0) is 0 Å². The number of aromatic nitrogens is 2. The van der Waals surface area contributed by atoms with Crippen LogP contribution >= 0.6 is 0 Å². The Labute approximate surface area is 150 Å². The number of benzene rings is 2. The standard InChI is InChI=1S/C20H17FN2O3/c1-25-19-10-17(15-11-22-23-12-15)20(26-2)9-14(19)5-8-18(24)13-3-6-16(21)7-4-13/h3-12H,1-2H3,(H,22,23)/b8-5+. The fraction of sp³-hybridized carbons (Fsp3) is 0.100. The second-order valence-corrected chi connectivity index (χ2v) is 5.49. The van der Waals surface area contributed by atoms with Gasteiger partial charge in [0, 0.05) is 28.5 Å². The summed E-state index contributed by atoms with van der Waals surface area (Å²) < 4.78 is 23.9. The van der Waals surface area contributed by atoms with E-state index in [-0.39, 0.29) is 11.6 Å². The molecule has 0 saturated carbocycles. The summed E-state index contributed by atoms with van der Waals surface area (Å²) in [6.45, 7) is 0. The molecule has 1 heterocycles. The molecule has 26 heavy (non-hydrogen) atoms. The van der Waals surface area contributed by atoms with Crippen LogP contribution in [0.4, 0.5) is 4.39 Å². The largest absolute Gasteiger partial charge is 0.496 e. The zero-order chi connectivity index (χ0) is 18.5. The van der Waals surface area contributed by atoms with E-state index in [9.17, 15) is 9.18 Å². The van der Waals surface area contributed by atoms with Crippen LogP contribution in [0.15, 0.2) is 54.9 Å². The molecule has 0 atom stereocenters. The Bertz CT molecular complexity index is 932. The first-order valence-electron chi connectivity index (χ1n) is 7.85. The van der Waals surface area contributed by atoms with Crippen LogP contribution in [0.3, 0.4) is 0 Å². The number of carbonyl (C=O) groups is 1. The minimum atomic E-state index is -0.383. The third-order valence-electron chi connectivity index (χ3n) is 3.90. The van der Waals surface area contributed by atoms with Gasteiger partial charge in [-0.3, -0.25) is 9.89 Å². The number of methoxy groups -OCH3 is 2. The van der Waals surface area contributed by atoms with E-state index in [1.54, 1.807) is 38.8 Å². The smallest absolute Gasteiger partial charge is 0.185 e. The second-order valence-electron chi connectivity index (χ2n) is 5.49. The Morgan fingerprint density at radius 3 is 2.46 bits per heavy atom. The number of ether oxygens (including phenoxy) is 2. The van der Waals surface area contributed by atoms with Gasteiger partial charge < -0.3 is 9.47 Å². The number of nitrogens with one attached hydrogen (secondary N) is 1. The molecule has 0 aliphatic carbocycles. The molecule has 1 aromatic heterocycles. The number of rotatable bonds is 6. The lowest BCUT2D eigenvalue weighted by Crippen LogP contribution is -1.96. The lowest BCUT2D eigenvalue weighted by Gasteiger charge is -2.12. The quantitative estimate of drug-likeness (QED) is 0.535. The number of H-pyrrole nitrogens is 1. The highest BCUT2D eigenvalue weighted by molar-refractivity contribution is 6.07. The number of nitrogens with zero attached hydrogens (tertiary/aromatic N) is 1. The third-order valence-corrected chi connectivity index (χ3v) is 3.90. The van der Waals surface area contributed by atoms with Gasteiger partial charge in [-0.2, -0.15) is 5.10 Å². The number of hydrogen-bond acceptors (Lipinski definition) is 4. The Balaban J connectivity index is 1.94. The van der Waals surface area contributed by atoms with Gasteiger partial charge in [-0.05, 0) is 48.6 Å². The van der Waals surface area contributed by atoms with E-state index in [1.807, 2.05) is 6.07 Å². The van der Waals surface area contributed by atoms with Gasteiger partial charge in [-0.1, -0.05) is 0 Å². The summed E-state index contributed by atoms with van der Waals surface area (Å²) in [6.07, 6.45) is 6.50. The van der Waals surface area contributed by atoms with Crippen molar-refractivity contribution in [3.05, 3.63) is 71.8 Å². The zero-order valence-corrected chi connectivity index (χ0v) is 14.3. The van der Waals surface area contributed by atoms with E-state index in [1.165, 1.54) is 30.3 Å². The Morgan fingerprint density at radius 2 is 1.85 bits per heavy atom. The Kier molecular flexibility index (Phi) is 5.12. The van der Waals surface area contributed by atoms with Crippen molar-refractivity contribution in [3.63, 3.8) is 0 Å². The molecular weight excluding hydrogens is 335 g/mol. The molecule has 6 heteroatoms. The van der Waals surface area contributed by atoms with Gasteiger partial charge in [0.15, 0.2) is 5.78 Å². The fourth-order valence-electron chi connectivity index (χ4n) is 2.55. The second kappa shape index (κ2) is 7.65. The first-order valence-corrected chi connectivity index (χ1v) is 7.85. The van der Waals surface area contributed by atoms with Crippen molar-refractivity contribution < 1.29 is 18.7 Å². The van der Waals surface area contributed by atoms with Crippen molar-refractivity contribution in [2.24, 2.45) is 0 Å². The van der Waals surface area contributed by atoms with Gasteiger partial charge in [0.25, 0.3) is 0 Å². The maximum atomic E-state index is 13.0. The van der Waals surface area contributed by atoms with Gasteiger partial charge in [0.2, 0.25) is 0 Å². The summed E-state index contributed by atoms with van der Waals surface area (Å²) in [7, 11) is 3.13. The lowest BCUT2D eigenvalue weighted by molar-refractivity contribution is 0.104. The highest BCUT2D eigenvalue weighted by Crippen LogP contribution is 2.36. The summed E-state index contributed by atoms with van der Waals surface area (Å²) in [5.74, 6) is 0.600. The Morgan fingerprint density at radius 1 is 1.12 bits per heavy atom. The molecule has 0 bridgehead atoms. The van der Waals surface area contributed by atoms with Crippen LogP contribution in [0, 0.1) is 5.82 Å². The van der Waals surface area contributed by atoms with E-state index in [4.69, 9.17) is 9.47 Å². The molecule has 0 spiro atoms. The molecule has 0 aliphatic heterocycles. The van der Waals surface area contributed by atoms with Crippen molar-refractivity contribution in [2.45, 2.75) is 0 Å². The van der Waals surface area contributed by atoms with Crippen LogP contribution in [0.2, 0.25) is 0 Å². The average molecular weight is 352 g/mol. The molecule has 0 unspecified atom stereocenters. The molecule has 5 nitrogen and oxygen atoms in total. The highest BCUT2D eigenvalue weighted by atomic mass is 19.1. The monoisotopic (exact) mass is 352 g/mol. The van der Waals surface area contributed by atoms with E-state index in [0.29, 0.717) is 22.6 Å². The van der Waals surface area contributed by atoms with E-state index < -0.39 is 0 Å². The van der Waals surface area contributed by atoms with E-state index in [2.05, 4.69) is 10.2 Å². The molecule has 3 rings (SSSR count). The summed E-state index contributed by atoms with van der Waals surface area (Å²) in [4.78, 5) is 12.2. The third kappa shape index (κ3) is 3.64. The molecule has 0 radical (unpaired) electrons. The van der Waals surface area contributed by atoms with Gasteiger partial charge in [-0.25, -0.2) is 4.39 Å². The summed E-state index contributed by atoms with van der Waals surface area (Å²) >= 11 is 0. The van der Waals surface area contributed by atoms with Crippen LogP contribution in [0.5, 0.6) is 11.5 Å². The Hall–Kier alpha value is -3.41. The topological polar surface area (TPSA) is 64.2 Å². The predicted molar refractivity (Wildman–Crippen MR) is 96.9 cm³/mol. The van der Waals surface area contributed by atoms with Crippen molar-refractivity contribution in [3.8, 4) is 22.6 Å². The van der Waals surface area contributed by atoms with Gasteiger partial charge in [0.1, 0.15) is 17.3 Å². The number of ketones is 1. The number of hydrogen-bond donors (Lipinski definition) is 1. The SMILES string of the molecule is COc1cc(-c2cn[nH]c2)c(OC)cc1/C=C/C(=O)c1ccc(F)cc1. The predicted octanol–water partition coefficient (Wildman–Crippen LogP) is 4.13. The van der Waals surface area contributed by atoms with E-state index >= 15 is 0 Å². The fourth-order valence-corrected chi connectivity index (χ4v) is 2.55. The molecule has 0 aliphatic rings. The molecule has 0 amide bonds. The summed E-state index contributed by atoms with van der Waals surface area (Å²) in [5.41, 5.74) is 2.77. The first-order chi connectivity index (χ1) is 12.6. The van der Waals surface area contributed by atoms with Crippen LogP contribution < -0.4 is 9.47 Å². The summed E-state index contributed by atoms with van der Waals surface area (Å²) in [6, 6.07) is 9.01. The molecule has 3 aromatic rings. The van der Waals surface area contributed by atoms with Crippen molar-refractivity contribution in [2.75, 3.05) is 14.2 Å². The molecule has 2 aromatic carbocycles.